The molecular weight excluding hydrogens is 228 g/mol. The summed E-state index contributed by atoms with van der Waals surface area (Å²) in [4.78, 5) is 7.02. The lowest BCUT2D eigenvalue weighted by molar-refractivity contribution is 0.157. The van der Waals surface area contributed by atoms with E-state index < -0.39 is 0 Å². The molecule has 1 fully saturated rings. The maximum atomic E-state index is 9.13. The third kappa shape index (κ3) is 2.93. The zero-order valence-electron chi connectivity index (χ0n) is 11.6. The third-order valence-electron chi connectivity index (χ3n) is 3.85. The molecule has 4 heteroatoms. The Morgan fingerprint density at radius 2 is 2.28 bits per heavy atom. The molecular formula is C14H24N2O2. The third-order valence-corrected chi connectivity index (χ3v) is 3.85. The molecule has 0 bridgehead atoms. The van der Waals surface area contributed by atoms with Crippen LogP contribution in [0.1, 0.15) is 57.0 Å². The fourth-order valence-corrected chi connectivity index (χ4v) is 2.49. The molecule has 1 N–H and O–H groups in total. The van der Waals surface area contributed by atoms with Gasteiger partial charge in [0.05, 0.1) is 12.3 Å². The van der Waals surface area contributed by atoms with Crippen LogP contribution in [0.15, 0.2) is 10.7 Å². The Morgan fingerprint density at radius 3 is 2.94 bits per heavy atom. The highest BCUT2D eigenvalue weighted by molar-refractivity contribution is 5.07. The first-order valence-corrected chi connectivity index (χ1v) is 6.92. The Labute approximate surface area is 109 Å². The van der Waals surface area contributed by atoms with E-state index in [1.807, 2.05) is 6.92 Å². The van der Waals surface area contributed by atoms with Crippen molar-refractivity contribution in [2.75, 3.05) is 19.7 Å². The first kappa shape index (κ1) is 13.6. The molecule has 4 nitrogen and oxygen atoms in total. The SMILES string of the molecule is CC(CO)c1coc(C2CCCN(C(C)C)C2)n1. The van der Waals surface area contributed by atoms with Crippen LogP contribution in [-0.2, 0) is 0 Å². The molecule has 1 aliphatic heterocycles. The molecule has 1 saturated heterocycles. The Hall–Kier alpha value is -0.870. The molecule has 0 aromatic carbocycles. The van der Waals surface area contributed by atoms with E-state index in [1.54, 1.807) is 6.26 Å². The van der Waals surface area contributed by atoms with Crippen molar-refractivity contribution in [3.63, 3.8) is 0 Å². The van der Waals surface area contributed by atoms with Crippen molar-refractivity contribution < 1.29 is 9.52 Å². The number of hydrogen-bond acceptors (Lipinski definition) is 4. The smallest absolute Gasteiger partial charge is 0.198 e. The van der Waals surface area contributed by atoms with Crippen LogP contribution >= 0.6 is 0 Å². The summed E-state index contributed by atoms with van der Waals surface area (Å²) in [5, 5.41) is 9.13. The van der Waals surface area contributed by atoms with Gasteiger partial charge in [-0.3, -0.25) is 0 Å². The van der Waals surface area contributed by atoms with Gasteiger partial charge in [-0.05, 0) is 33.2 Å². The first-order valence-electron chi connectivity index (χ1n) is 6.92. The number of aliphatic hydroxyl groups excluding tert-OH is 1. The lowest BCUT2D eigenvalue weighted by Crippen LogP contribution is -2.39. The van der Waals surface area contributed by atoms with Crippen molar-refractivity contribution in [2.45, 2.75) is 51.5 Å². The summed E-state index contributed by atoms with van der Waals surface area (Å²) in [6.07, 6.45) is 4.05. The number of aliphatic hydroxyl groups is 1. The Kier molecular flexibility index (Phi) is 4.40. The van der Waals surface area contributed by atoms with Crippen molar-refractivity contribution in [3.05, 3.63) is 17.8 Å². The highest BCUT2D eigenvalue weighted by Gasteiger charge is 2.26. The average Bonchev–Trinajstić information content (AvgIpc) is 2.87. The monoisotopic (exact) mass is 252 g/mol. The summed E-state index contributed by atoms with van der Waals surface area (Å²) in [6.45, 7) is 8.76. The van der Waals surface area contributed by atoms with E-state index in [0.717, 1.165) is 24.6 Å². The van der Waals surface area contributed by atoms with Gasteiger partial charge in [-0.25, -0.2) is 4.98 Å². The summed E-state index contributed by atoms with van der Waals surface area (Å²) < 4.78 is 5.61. The molecule has 102 valence electrons. The van der Waals surface area contributed by atoms with Crippen LogP contribution in [-0.4, -0.2) is 40.7 Å². The second kappa shape index (κ2) is 5.85. The van der Waals surface area contributed by atoms with Crippen LogP contribution in [0.4, 0.5) is 0 Å². The van der Waals surface area contributed by atoms with Gasteiger partial charge < -0.3 is 14.4 Å². The van der Waals surface area contributed by atoms with Crippen LogP contribution < -0.4 is 0 Å². The van der Waals surface area contributed by atoms with Crippen LogP contribution in [0.5, 0.6) is 0 Å². The minimum atomic E-state index is 0.0623. The average molecular weight is 252 g/mol. The summed E-state index contributed by atoms with van der Waals surface area (Å²) in [7, 11) is 0. The lowest BCUT2D eigenvalue weighted by atomic mass is 9.97. The first-order chi connectivity index (χ1) is 8.61. The minimum absolute atomic E-state index is 0.0623. The molecule has 0 amide bonds. The highest BCUT2D eigenvalue weighted by Crippen LogP contribution is 2.28. The molecule has 1 aliphatic rings. The van der Waals surface area contributed by atoms with Crippen LogP contribution in [0.2, 0.25) is 0 Å². The van der Waals surface area contributed by atoms with Gasteiger partial charge in [0, 0.05) is 24.4 Å². The number of piperidine rings is 1. The van der Waals surface area contributed by atoms with Crippen LogP contribution in [0, 0.1) is 0 Å². The molecule has 2 rings (SSSR count). The Morgan fingerprint density at radius 1 is 1.50 bits per heavy atom. The number of likely N-dealkylation sites (tertiary alicyclic amines) is 1. The molecule has 2 heterocycles. The zero-order chi connectivity index (χ0) is 13.1. The molecule has 0 radical (unpaired) electrons. The maximum Gasteiger partial charge on any atom is 0.198 e. The Bertz CT molecular complexity index is 376. The normalized spacial score (nSPS) is 23.5. The van der Waals surface area contributed by atoms with Crippen molar-refractivity contribution in [1.29, 1.82) is 0 Å². The molecule has 1 aromatic heterocycles. The lowest BCUT2D eigenvalue weighted by Gasteiger charge is -2.34. The van der Waals surface area contributed by atoms with E-state index >= 15 is 0 Å². The molecule has 2 unspecified atom stereocenters. The Balaban J connectivity index is 2.04. The number of nitrogens with zero attached hydrogens (tertiary/aromatic N) is 2. The quantitative estimate of drug-likeness (QED) is 0.893. The van der Waals surface area contributed by atoms with Gasteiger partial charge in [0.1, 0.15) is 6.26 Å². The van der Waals surface area contributed by atoms with Crippen LogP contribution in [0.25, 0.3) is 0 Å². The standard InChI is InChI=1S/C14H24N2O2/c1-10(2)16-6-4-5-12(7-16)14-15-13(9-18-14)11(3)8-17/h9-12,17H,4-8H2,1-3H3. The van der Waals surface area contributed by atoms with Crippen molar-refractivity contribution >= 4 is 0 Å². The van der Waals surface area contributed by atoms with Gasteiger partial charge in [-0.15, -0.1) is 0 Å². The van der Waals surface area contributed by atoms with Crippen LogP contribution in [0.3, 0.4) is 0 Å². The zero-order valence-corrected chi connectivity index (χ0v) is 11.6. The fraction of sp³-hybridized carbons (Fsp3) is 0.786. The summed E-state index contributed by atoms with van der Waals surface area (Å²) in [5.74, 6) is 1.31. The summed E-state index contributed by atoms with van der Waals surface area (Å²) in [6, 6.07) is 0.582. The molecule has 0 spiro atoms. The summed E-state index contributed by atoms with van der Waals surface area (Å²) in [5.41, 5.74) is 0.870. The minimum Gasteiger partial charge on any atom is -0.448 e. The van der Waals surface area contributed by atoms with Gasteiger partial charge >= 0.3 is 0 Å². The topological polar surface area (TPSA) is 49.5 Å². The van der Waals surface area contributed by atoms with E-state index in [1.165, 1.54) is 13.0 Å². The van der Waals surface area contributed by atoms with Gasteiger partial charge in [-0.2, -0.15) is 0 Å². The van der Waals surface area contributed by atoms with E-state index in [-0.39, 0.29) is 12.5 Å². The van der Waals surface area contributed by atoms with Gasteiger partial charge in [0.15, 0.2) is 5.89 Å². The largest absolute Gasteiger partial charge is 0.448 e. The van der Waals surface area contributed by atoms with E-state index in [2.05, 4.69) is 23.7 Å². The van der Waals surface area contributed by atoms with Gasteiger partial charge in [0.2, 0.25) is 0 Å². The molecule has 0 saturated carbocycles. The fourth-order valence-electron chi connectivity index (χ4n) is 2.49. The van der Waals surface area contributed by atoms with Crippen molar-refractivity contribution in [2.24, 2.45) is 0 Å². The molecule has 1 aromatic rings. The predicted molar refractivity (Wildman–Crippen MR) is 70.7 cm³/mol. The second-order valence-corrected chi connectivity index (χ2v) is 5.62. The van der Waals surface area contributed by atoms with Gasteiger partial charge in [-0.1, -0.05) is 6.92 Å². The van der Waals surface area contributed by atoms with Gasteiger partial charge in [0.25, 0.3) is 0 Å². The number of oxazole rings is 1. The van der Waals surface area contributed by atoms with E-state index in [4.69, 9.17) is 9.52 Å². The van der Waals surface area contributed by atoms with Crippen molar-refractivity contribution in [1.82, 2.24) is 9.88 Å². The number of rotatable bonds is 4. The second-order valence-electron chi connectivity index (χ2n) is 5.62. The number of aromatic nitrogens is 1. The summed E-state index contributed by atoms with van der Waals surface area (Å²) >= 11 is 0. The highest BCUT2D eigenvalue weighted by atomic mass is 16.3. The van der Waals surface area contributed by atoms with E-state index in [9.17, 15) is 0 Å². The molecule has 18 heavy (non-hydrogen) atoms. The molecule has 0 aliphatic carbocycles. The van der Waals surface area contributed by atoms with Crippen molar-refractivity contribution in [3.8, 4) is 0 Å². The predicted octanol–water partition coefficient (Wildman–Crippen LogP) is 2.36. The van der Waals surface area contributed by atoms with E-state index in [0.29, 0.717) is 12.0 Å². The maximum absolute atomic E-state index is 9.13. The number of hydrogen-bond donors (Lipinski definition) is 1. The molecule has 2 atom stereocenters.